The van der Waals surface area contributed by atoms with Gasteiger partial charge in [0.2, 0.25) is 5.54 Å². The molecule has 0 amide bonds. The zero-order chi connectivity index (χ0) is 16.6. The van der Waals surface area contributed by atoms with E-state index in [-0.39, 0.29) is 44.4 Å². The maximum atomic E-state index is 12.0. The van der Waals surface area contributed by atoms with Gasteiger partial charge in [-0.05, 0) is 18.4 Å². The zero-order valence-electron chi connectivity index (χ0n) is 12.5. The van der Waals surface area contributed by atoms with Gasteiger partial charge in [0.1, 0.15) is 6.61 Å². The molecule has 0 aliphatic carbocycles. The lowest BCUT2D eigenvalue weighted by atomic mass is 9.95. The van der Waals surface area contributed by atoms with Crippen LogP contribution in [0.25, 0.3) is 0 Å². The van der Waals surface area contributed by atoms with E-state index in [1.54, 1.807) is 24.3 Å². The van der Waals surface area contributed by atoms with E-state index in [9.17, 15) is 14.7 Å². The maximum absolute atomic E-state index is 12.0. The van der Waals surface area contributed by atoms with E-state index < -0.39 is 17.5 Å². The third-order valence-electron chi connectivity index (χ3n) is 2.98. The van der Waals surface area contributed by atoms with Gasteiger partial charge in [0, 0.05) is 6.54 Å². The first-order valence-corrected chi connectivity index (χ1v) is 6.65. The van der Waals surface area contributed by atoms with Gasteiger partial charge in [-0.15, -0.1) is 12.4 Å². The number of guanidine groups is 1. The molecule has 7 N–H and O–H groups in total. The first kappa shape index (κ1) is 20.7. The van der Waals surface area contributed by atoms with Crippen molar-refractivity contribution >= 4 is 30.3 Å². The van der Waals surface area contributed by atoms with Gasteiger partial charge in [0.05, 0.1) is 0 Å². The van der Waals surface area contributed by atoms with Crippen molar-refractivity contribution in [3.8, 4) is 0 Å². The molecule has 0 saturated heterocycles. The fraction of sp³-hybridized carbons (Fsp3) is 0.357. The number of nitrogens with zero attached hydrogens (tertiary/aromatic N) is 1. The molecule has 8 nitrogen and oxygen atoms in total. The van der Waals surface area contributed by atoms with Crippen molar-refractivity contribution in [3.63, 3.8) is 0 Å². The smallest absolute Gasteiger partial charge is 0.338 e. The molecule has 9 heteroatoms. The number of carboxylic acids is 1. The van der Waals surface area contributed by atoms with E-state index in [0.29, 0.717) is 0 Å². The van der Waals surface area contributed by atoms with E-state index in [1.807, 2.05) is 6.07 Å². The third kappa shape index (κ3) is 6.54. The van der Waals surface area contributed by atoms with Crippen molar-refractivity contribution in [2.75, 3.05) is 6.54 Å². The van der Waals surface area contributed by atoms with Gasteiger partial charge < -0.3 is 27.0 Å². The second-order valence-electron chi connectivity index (χ2n) is 4.75. The number of carboxylic acid groups (broad SMARTS) is 1. The Labute approximate surface area is 140 Å². The van der Waals surface area contributed by atoms with Gasteiger partial charge in [-0.3, -0.25) is 4.99 Å². The Hall–Kier alpha value is -2.32. The number of nitrogens with two attached hydrogens (primary N) is 3. The molecule has 0 aliphatic heterocycles. The van der Waals surface area contributed by atoms with Crippen LogP contribution in [0.15, 0.2) is 35.3 Å². The zero-order valence-corrected chi connectivity index (χ0v) is 13.3. The summed E-state index contributed by atoms with van der Waals surface area (Å²) in [6.07, 6.45) is 0.105. The van der Waals surface area contributed by atoms with E-state index in [0.717, 1.165) is 5.56 Å². The van der Waals surface area contributed by atoms with Crippen LogP contribution >= 0.6 is 12.4 Å². The van der Waals surface area contributed by atoms with Gasteiger partial charge in [0.15, 0.2) is 5.96 Å². The highest BCUT2D eigenvalue weighted by atomic mass is 35.5. The molecular weight excluding hydrogens is 324 g/mol. The number of carbonyl (C=O) groups excluding carboxylic acids is 1. The van der Waals surface area contributed by atoms with Crippen LogP contribution in [0.5, 0.6) is 0 Å². The molecule has 1 aromatic rings. The van der Waals surface area contributed by atoms with Crippen LogP contribution in [0.4, 0.5) is 0 Å². The predicted octanol–water partition coefficient (Wildman–Crippen LogP) is -0.0127. The Balaban J connectivity index is 0.00000484. The fourth-order valence-electron chi connectivity index (χ4n) is 1.71. The Morgan fingerprint density at radius 3 is 2.35 bits per heavy atom. The Bertz CT molecular complexity index is 549. The average molecular weight is 345 g/mol. The molecule has 1 aromatic carbocycles. The van der Waals surface area contributed by atoms with Gasteiger partial charge in [-0.25, -0.2) is 9.59 Å². The SMILES string of the molecule is Cl.NC(N)=NCCCC(N)(C(=O)O)C(=O)OCc1ccccc1. The number of esters is 1. The van der Waals surface area contributed by atoms with Crippen LogP contribution in [0.2, 0.25) is 0 Å². The van der Waals surface area contributed by atoms with E-state index in [4.69, 9.17) is 21.9 Å². The Morgan fingerprint density at radius 2 is 1.83 bits per heavy atom. The number of hydrogen-bond acceptors (Lipinski definition) is 5. The van der Waals surface area contributed by atoms with Gasteiger partial charge in [-0.1, -0.05) is 30.3 Å². The number of ether oxygens (including phenoxy) is 1. The van der Waals surface area contributed by atoms with Crippen LogP contribution in [0, 0.1) is 0 Å². The van der Waals surface area contributed by atoms with Crippen molar-refractivity contribution < 1.29 is 19.4 Å². The highest BCUT2D eigenvalue weighted by Gasteiger charge is 2.43. The van der Waals surface area contributed by atoms with Crippen LogP contribution in [0.3, 0.4) is 0 Å². The molecule has 1 unspecified atom stereocenters. The number of halogens is 1. The summed E-state index contributed by atoms with van der Waals surface area (Å²) in [6, 6.07) is 8.89. The minimum absolute atomic E-state index is 0. The minimum atomic E-state index is -2.12. The van der Waals surface area contributed by atoms with Crippen molar-refractivity contribution in [1.82, 2.24) is 0 Å². The molecule has 0 spiro atoms. The van der Waals surface area contributed by atoms with Crippen LogP contribution in [0.1, 0.15) is 18.4 Å². The Kier molecular flexibility index (Phi) is 8.67. The lowest BCUT2D eigenvalue weighted by Crippen LogP contribution is -2.55. The second-order valence-corrected chi connectivity index (χ2v) is 4.75. The molecule has 0 bridgehead atoms. The number of carbonyl (C=O) groups is 2. The fourth-order valence-corrected chi connectivity index (χ4v) is 1.71. The molecule has 0 aromatic heterocycles. The van der Waals surface area contributed by atoms with E-state index >= 15 is 0 Å². The topological polar surface area (TPSA) is 154 Å². The minimum Gasteiger partial charge on any atom is -0.479 e. The van der Waals surface area contributed by atoms with E-state index in [2.05, 4.69) is 4.99 Å². The summed E-state index contributed by atoms with van der Waals surface area (Å²) < 4.78 is 5.00. The van der Waals surface area contributed by atoms with Crippen molar-refractivity contribution in [1.29, 1.82) is 0 Å². The standard InChI is InChI=1S/C14H20N4O4.ClH/c15-13(16)18-8-4-7-14(17,11(19)20)12(21)22-9-10-5-2-1-3-6-10;/h1-3,5-6H,4,7-9,17H2,(H,19,20)(H4,15,16,18);1H. The molecule has 128 valence electrons. The second kappa shape index (κ2) is 9.65. The number of benzene rings is 1. The summed E-state index contributed by atoms with van der Waals surface area (Å²) in [7, 11) is 0. The number of aliphatic imine (C=N–C) groups is 1. The monoisotopic (exact) mass is 344 g/mol. The van der Waals surface area contributed by atoms with Gasteiger partial charge in [0.25, 0.3) is 0 Å². The summed E-state index contributed by atoms with van der Waals surface area (Å²) in [5.41, 5.74) is 14.6. The summed E-state index contributed by atoms with van der Waals surface area (Å²) in [5, 5.41) is 9.20. The molecule has 0 aliphatic rings. The summed E-state index contributed by atoms with van der Waals surface area (Å²) in [6.45, 7) is 0.139. The highest BCUT2D eigenvalue weighted by Crippen LogP contribution is 2.14. The molecule has 1 rings (SSSR count). The molecule has 0 heterocycles. The maximum Gasteiger partial charge on any atom is 0.338 e. The van der Waals surface area contributed by atoms with Gasteiger partial charge >= 0.3 is 11.9 Å². The van der Waals surface area contributed by atoms with Crippen molar-refractivity contribution in [2.24, 2.45) is 22.2 Å². The third-order valence-corrected chi connectivity index (χ3v) is 2.98. The van der Waals surface area contributed by atoms with Crippen LogP contribution in [-0.2, 0) is 20.9 Å². The Morgan fingerprint density at radius 1 is 1.22 bits per heavy atom. The summed E-state index contributed by atoms with van der Waals surface area (Å²) in [4.78, 5) is 27.0. The molecule has 0 fully saturated rings. The lowest BCUT2D eigenvalue weighted by Gasteiger charge is -2.22. The molecule has 0 radical (unpaired) electrons. The van der Waals surface area contributed by atoms with Crippen LogP contribution < -0.4 is 17.2 Å². The molecule has 1 atom stereocenters. The molecule has 0 saturated carbocycles. The summed E-state index contributed by atoms with van der Waals surface area (Å²) in [5.74, 6) is -2.55. The number of hydrogen-bond donors (Lipinski definition) is 4. The predicted molar refractivity (Wildman–Crippen MR) is 88.0 cm³/mol. The van der Waals surface area contributed by atoms with E-state index in [1.165, 1.54) is 0 Å². The molecule has 23 heavy (non-hydrogen) atoms. The van der Waals surface area contributed by atoms with Crippen LogP contribution in [-0.4, -0.2) is 35.1 Å². The average Bonchev–Trinajstić information content (AvgIpc) is 2.49. The molecular formula is C14H21ClN4O4. The van der Waals surface area contributed by atoms with Crippen molar-refractivity contribution in [3.05, 3.63) is 35.9 Å². The number of aliphatic carboxylic acids is 1. The quantitative estimate of drug-likeness (QED) is 0.170. The van der Waals surface area contributed by atoms with Gasteiger partial charge in [-0.2, -0.15) is 0 Å². The lowest BCUT2D eigenvalue weighted by molar-refractivity contribution is -0.162. The highest BCUT2D eigenvalue weighted by molar-refractivity contribution is 6.03. The first-order chi connectivity index (χ1) is 10.4. The number of rotatable bonds is 8. The normalized spacial score (nSPS) is 12.4. The first-order valence-electron chi connectivity index (χ1n) is 6.65. The largest absolute Gasteiger partial charge is 0.479 e. The van der Waals surface area contributed by atoms with Crippen molar-refractivity contribution in [2.45, 2.75) is 25.0 Å². The summed E-state index contributed by atoms with van der Waals surface area (Å²) >= 11 is 0.